The highest BCUT2D eigenvalue weighted by Gasteiger charge is 2.30. The van der Waals surface area contributed by atoms with Crippen molar-refractivity contribution in [2.75, 3.05) is 27.9 Å². The maximum absolute atomic E-state index is 13.5. The van der Waals surface area contributed by atoms with Crippen molar-refractivity contribution in [2.45, 2.75) is 19.0 Å². The molecule has 0 saturated carbocycles. The van der Waals surface area contributed by atoms with Crippen LogP contribution in [0, 0.1) is 10.1 Å². The molecule has 0 aromatic heterocycles. The van der Waals surface area contributed by atoms with Crippen LogP contribution in [0.3, 0.4) is 0 Å². The summed E-state index contributed by atoms with van der Waals surface area (Å²) >= 11 is 0. The summed E-state index contributed by atoms with van der Waals surface area (Å²) in [6, 6.07) is 19.8. The molecule has 0 unspecified atom stereocenters. The number of hydrogen-bond acceptors (Lipinski definition) is 7. The lowest BCUT2D eigenvalue weighted by Gasteiger charge is -2.31. The summed E-state index contributed by atoms with van der Waals surface area (Å²) in [5, 5.41) is 13.8. The fraction of sp³-hybridized carbons (Fsp3) is 0.259. The molecule has 37 heavy (non-hydrogen) atoms. The number of nitro groups is 1. The summed E-state index contributed by atoms with van der Waals surface area (Å²) in [6.07, 6.45) is 0.293. The molecule has 0 bridgehead atoms. The average Bonchev–Trinajstić information content (AvgIpc) is 2.93. The molecule has 0 aliphatic carbocycles. The Labute approximate surface area is 214 Å². The Morgan fingerprint density at radius 1 is 0.946 bits per heavy atom. The summed E-state index contributed by atoms with van der Waals surface area (Å²) < 4.78 is 16.1. The van der Waals surface area contributed by atoms with Gasteiger partial charge in [-0.15, -0.1) is 0 Å². The topological polar surface area (TPSA) is 120 Å². The Morgan fingerprint density at radius 3 is 2.32 bits per heavy atom. The molecule has 10 heteroatoms. The third kappa shape index (κ3) is 7.20. The average molecular weight is 508 g/mol. The van der Waals surface area contributed by atoms with Crippen LogP contribution in [-0.4, -0.2) is 55.6 Å². The van der Waals surface area contributed by atoms with E-state index >= 15 is 0 Å². The fourth-order valence-corrected chi connectivity index (χ4v) is 3.81. The molecule has 1 N–H and O–H groups in total. The van der Waals surface area contributed by atoms with Gasteiger partial charge in [0.25, 0.3) is 5.91 Å². The zero-order valence-corrected chi connectivity index (χ0v) is 20.9. The van der Waals surface area contributed by atoms with Gasteiger partial charge in [0.2, 0.25) is 11.7 Å². The molecule has 0 radical (unpaired) electrons. The molecule has 0 heterocycles. The first-order valence-corrected chi connectivity index (χ1v) is 11.5. The number of carbonyl (C=O) groups is 2. The standard InChI is InChI=1S/C27H29N3O7/c1-28-27(32)24(15-19-8-5-4-6-9-19)29(17-20-10-7-11-21(14-20)35-2)26(31)18-37-22-12-13-23(30(33)34)25(16-22)36-3/h4-14,16,24H,15,17-18H2,1-3H3,(H,28,32)/t24-/m0/s1. The highest BCUT2D eigenvalue weighted by atomic mass is 16.6. The molecule has 3 aromatic carbocycles. The van der Waals surface area contributed by atoms with E-state index in [1.807, 2.05) is 42.5 Å². The smallest absolute Gasteiger partial charge is 0.311 e. The van der Waals surface area contributed by atoms with E-state index in [1.54, 1.807) is 19.2 Å². The van der Waals surface area contributed by atoms with Crippen LogP contribution < -0.4 is 19.5 Å². The van der Waals surface area contributed by atoms with Crippen molar-refractivity contribution < 1.29 is 28.7 Å². The second-order valence-electron chi connectivity index (χ2n) is 8.07. The lowest BCUT2D eigenvalue weighted by atomic mass is 10.0. The van der Waals surface area contributed by atoms with Gasteiger partial charge in [0.1, 0.15) is 17.5 Å². The minimum absolute atomic E-state index is 0.00972. The van der Waals surface area contributed by atoms with Gasteiger partial charge in [-0.1, -0.05) is 42.5 Å². The molecule has 3 rings (SSSR count). The van der Waals surface area contributed by atoms with E-state index < -0.39 is 23.5 Å². The summed E-state index contributed by atoms with van der Waals surface area (Å²) in [5.74, 6) is 0.0904. The van der Waals surface area contributed by atoms with Gasteiger partial charge in [-0.25, -0.2) is 0 Å². The largest absolute Gasteiger partial charge is 0.497 e. The van der Waals surface area contributed by atoms with Crippen molar-refractivity contribution in [3.8, 4) is 17.2 Å². The van der Waals surface area contributed by atoms with Gasteiger partial charge in [0.15, 0.2) is 6.61 Å². The molecule has 2 amide bonds. The minimum Gasteiger partial charge on any atom is -0.497 e. The Morgan fingerprint density at radius 2 is 1.68 bits per heavy atom. The first-order chi connectivity index (χ1) is 17.9. The SMILES string of the molecule is CNC(=O)[C@H](Cc1ccccc1)N(Cc1cccc(OC)c1)C(=O)COc1ccc([N+](=O)[O-])c(OC)c1. The molecule has 194 valence electrons. The predicted molar refractivity (Wildman–Crippen MR) is 137 cm³/mol. The Hall–Kier alpha value is -4.60. The third-order valence-electron chi connectivity index (χ3n) is 5.71. The maximum atomic E-state index is 13.5. The van der Waals surface area contributed by atoms with E-state index in [0.717, 1.165) is 11.1 Å². The Kier molecular flexibility index (Phi) is 9.42. The number of hydrogen-bond donors (Lipinski definition) is 1. The van der Waals surface area contributed by atoms with Gasteiger partial charge in [-0.3, -0.25) is 19.7 Å². The first kappa shape index (κ1) is 27.0. The van der Waals surface area contributed by atoms with Crippen LogP contribution in [0.1, 0.15) is 11.1 Å². The Balaban J connectivity index is 1.89. The number of methoxy groups -OCH3 is 2. The van der Waals surface area contributed by atoms with Gasteiger partial charge in [-0.05, 0) is 29.3 Å². The first-order valence-electron chi connectivity index (χ1n) is 11.5. The predicted octanol–water partition coefficient (Wildman–Crippen LogP) is 3.38. The van der Waals surface area contributed by atoms with Crippen molar-refractivity contribution in [1.29, 1.82) is 0 Å². The van der Waals surface area contributed by atoms with Gasteiger partial charge in [0, 0.05) is 32.1 Å². The number of nitrogens with zero attached hydrogens (tertiary/aromatic N) is 2. The van der Waals surface area contributed by atoms with E-state index in [1.165, 1.54) is 37.3 Å². The van der Waals surface area contributed by atoms with E-state index in [4.69, 9.17) is 14.2 Å². The summed E-state index contributed by atoms with van der Waals surface area (Å²) in [6.45, 7) is -0.263. The number of carbonyl (C=O) groups excluding carboxylic acids is 2. The van der Waals surface area contributed by atoms with Crippen LogP contribution in [0.5, 0.6) is 17.2 Å². The van der Waals surface area contributed by atoms with Crippen molar-refractivity contribution in [3.05, 3.63) is 94.0 Å². The van der Waals surface area contributed by atoms with Crippen LogP contribution in [0.2, 0.25) is 0 Å². The molecule has 10 nitrogen and oxygen atoms in total. The van der Waals surface area contributed by atoms with Gasteiger partial charge in [0.05, 0.1) is 19.1 Å². The highest BCUT2D eigenvalue weighted by molar-refractivity contribution is 5.88. The molecule has 0 fully saturated rings. The van der Waals surface area contributed by atoms with Crippen molar-refractivity contribution in [2.24, 2.45) is 0 Å². The number of nitro benzene ring substituents is 1. The Bertz CT molecular complexity index is 1230. The maximum Gasteiger partial charge on any atom is 0.311 e. The monoisotopic (exact) mass is 507 g/mol. The third-order valence-corrected chi connectivity index (χ3v) is 5.71. The highest BCUT2D eigenvalue weighted by Crippen LogP contribution is 2.31. The number of benzene rings is 3. The van der Waals surface area contributed by atoms with Crippen molar-refractivity contribution in [1.82, 2.24) is 10.2 Å². The molecule has 0 aliphatic rings. The molecule has 3 aromatic rings. The van der Waals surface area contributed by atoms with E-state index in [0.29, 0.717) is 12.2 Å². The summed E-state index contributed by atoms with van der Waals surface area (Å²) in [4.78, 5) is 38.5. The quantitative estimate of drug-likeness (QED) is 0.295. The number of ether oxygens (including phenoxy) is 3. The molecule has 0 spiro atoms. The molecular formula is C27H29N3O7. The molecular weight excluding hydrogens is 478 g/mol. The van der Waals surface area contributed by atoms with E-state index in [-0.39, 0.29) is 29.6 Å². The number of rotatable bonds is 12. The van der Waals surface area contributed by atoms with Crippen LogP contribution in [0.15, 0.2) is 72.8 Å². The van der Waals surface area contributed by atoms with Crippen molar-refractivity contribution >= 4 is 17.5 Å². The zero-order valence-electron chi connectivity index (χ0n) is 20.9. The zero-order chi connectivity index (χ0) is 26.8. The van der Waals surface area contributed by atoms with Gasteiger partial charge in [-0.2, -0.15) is 0 Å². The van der Waals surface area contributed by atoms with E-state index in [9.17, 15) is 19.7 Å². The lowest BCUT2D eigenvalue weighted by Crippen LogP contribution is -2.51. The van der Waals surface area contributed by atoms with E-state index in [2.05, 4.69) is 5.32 Å². The molecule has 1 atom stereocenters. The lowest BCUT2D eigenvalue weighted by molar-refractivity contribution is -0.385. The van der Waals surface area contributed by atoms with Gasteiger partial charge < -0.3 is 24.4 Å². The number of nitrogens with one attached hydrogen (secondary N) is 1. The second kappa shape index (κ2) is 12.9. The number of likely N-dealkylation sites (N-methyl/N-ethyl adjacent to an activating group) is 1. The molecule has 0 aliphatic heterocycles. The second-order valence-corrected chi connectivity index (χ2v) is 8.07. The minimum atomic E-state index is -0.818. The normalized spacial score (nSPS) is 11.2. The summed E-state index contributed by atoms with van der Waals surface area (Å²) in [7, 11) is 4.38. The fourth-order valence-electron chi connectivity index (χ4n) is 3.81. The van der Waals surface area contributed by atoms with Crippen LogP contribution in [-0.2, 0) is 22.6 Å². The number of amides is 2. The van der Waals surface area contributed by atoms with Crippen LogP contribution >= 0.6 is 0 Å². The van der Waals surface area contributed by atoms with Crippen LogP contribution in [0.4, 0.5) is 5.69 Å². The summed E-state index contributed by atoms with van der Waals surface area (Å²) in [5.41, 5.74) is 1.44. The van der Waals surface area contributed by atoms with Crippen LogP contribution in [0.25, 0.3) is 0 Å². The molecule has 0 saturated heterocycles. The van der Waals surface area contributed by atoms with Crippen molar-refractivity contribution in [3.63, 3.8) is 0 Å². The van der Waals surface area contributed by atoms with Gasteiger partial charge >= 0.3 is 5.69 Å².